The van der Waals surface area contributed by atoms with Gasteiger partial charge in [-0.2, -0.15) is 0 Å². The van der Waals surface area contributed by atoms with Gasteiger partial charge in [-0.25, -0.2) is 0 Å². The predicted octanol–water partition coefficient (Wildman–Crippen LogP) is 3.34. The van der Waals surface area contributed by atoms with E-state index in [0.717, 1.165) is 12.1 Å². The molecule has 1 amide bonds. The van der Waals surface area contributed by atoms with E-state index in [1.54, 1.807) is 16.7 Å². The summed E-state index contributed by atoms with van der Waals surface area (Å²) in [7, 11) is 0. The number of hydrogen-bond acceptors (Lipinski definition) is 3. The normalized spacial score (nSPS) is 16.5. The summed E-state index contributed by atoms with van der Waals surface area (Å²) in [6, 6.07) is 15.8. The van der Waals surface area contributed by atoms with Crippen LogP contribution in [0.1, 0.15) is 12.5 Å². The Hall–Kier alpha value is -1.94. The fraction of sp³-hybridized carbons (Fsp3) is 0.235. The van der Waals surface area contributed by atoms with Crippen LogP contribution in [0.3, 0.4) is 0 Å². The SMILES string of the molecule is CCN(C(=O)C1Cc2ccccc2S1)c1ccccc1N. The molecular formula is C17H18N2OS. The van der Waals surface area contributed by atoms with Crippen LogP contribution < -0.4 is 10.6 Å². The number of amides is 1. The molecule has 1 aliphatic heterocycles. The van der Waals surface area contributed by atoms with Crippen molar-refractivity contribution in [2.45, 2.75) is 23.5 Å². The second-order valence-electron chi connectivity index (χ2n) is 5.06. The van der Waals surface area contributed by atoms with E-state index in [0.29, 0.717) is 12.2 Å². The van der Waals surface area contributed by atoms with Crippen LogP contribution in [0.4, 0.5) is 11.4 Å². The van der Waals surface area contributed by atoms with E-state index in [1.165, 1.54) is 10.5 Å². The minimum atomic E-state index is -0.0537. The molecule has 0 saturated heterocycles. The Morgan fingerprint density at radius 3 is 2.67 bits per heavy atom. The van der Waals surface area contributed by atoms with Crippen molar-refractivity contribution in [2.24, 2.45) is 0 Å². The lowest BCUT2D eigenvalue weighted by atomic mass is 10.1. The molecule has 1 unspecified atom stereocenters. The number of fused-ring (bicyclic) bond motifs is 1. The maximum atomic E-state index is 12.8. The zero-order chi connectivity index (χ0) is 14.8. The van der Waals surface area contributed by atoms with Crippen molar-refractivity contribution in [1.29, 1.82) is 0 Å². The van der Waals surface area contributed by atoms with Gasteiger partial charge in [0.25, 0.3) is 0 Å². The average molecular weight is 298 g/mol. The first kappa shape index (κ1) is 14.0. The largest absolute Gasteiger partial charge is 0.397 e. The van der Waals surface area contributed by atoms with Gasteiger partial charge in [-0.1, -0.05) is 30.3 Å². The summed E-state index contributed by atoms with van der Waals surface area (Å²) in [6.07, 6.45) is 0.795. The molecule has 21 heavy (non-hydrogen) atoms. The summed E-state index contributed by atoms with van der Waals surface area (Å²) in [5.41, 5.74) is 8.73. The van der Waals surface area contributed by atoms with E-state index in [-0.39, 0.29) is 11.2 Å². The monoisotopic (exact) mass is 298 g/mol. The number of hydrogen-bond donors (Lipinski definition) is 1. The van der Waals surface area contributed by atoms with Crippen LogP contribution in [0.2, 0.25) is 0 Å². The highest BCUT2D eigenvalue weighted by Crippen LogP contribution is 2.38. The van der Waals surface area contributed by atoms with Gasteiger partial charge in [0, 0.05) is 11.4 Å². The van der Waals surface area contributed by atoms with Crippen molar-refractivity contribution in [3.05, 3.63) is 54.1 Å². The number of nitrogens with zero attached hydrogens (tertiary/aromatic N) is 1. The van der Waals surface area contributed by atoms with Gasteiger partial charge in [-0.3, -0.25) is 4.79 Å². The topological polar surface area (TPSA) is 46.3 Å². The van der Waals surface area contributed by atoms with E-state index < -0.39 is 0 Å². The first-order chi connectivity index (χ1) is 10.2. The Morgan fingerprint density at radius 2 is 1.95 bits per heavy atom. The van der Waals surface area contributed by atoms with E-state index >= 15 is 0 Å². The van der Waals surface area contributed by atoms with Gasteiger partial charge in [-0.05, 0) is 37.1 Å². The number of rotatable bonds is 3. The molecule has 0 saturated carbocycles. The van der Waals surface area contributed by atoms with Gasteiger partial charge in [0.1, 0.15) is 0 Å². The summed E-state index contributed by atoms with van der Waals surface area (Å²) >= 11 is 1.66. The number of benzene rings is 2. The zero-order valence-corrected chi connectivity index (χ0v) is 12.8. The standard InChI is InChI=1S/C17H18N2OS/c1-2-19(14-9-5-4-8-13(14)18)17(20)16-11-12-7-3-6-10-15(12)21-16/h3-10,16H,2,11,18H2,1H3. The number of nitrogens with two attached hydrogens (primary N) is 1. The van der Waals surface area contributed by atoms with Crippen LogP contribution in [0.25, 0.3) is 0 Å². The molecule has 1 atom stereocenters. The molecule has 0 aromatic heterocycles. The van der Waals surface area contributed by atoms with E-state index in [4.69, 9.17) is 5.73 Å². The molecule has 1 heterocycles. The molecule has 0 bridgehead atoms. The summed E-state index contributed by atoms with van der Waals surface area (Å²) in [6.45, 7) is 2.61. The predicted molar refractivity (Wildman–Crippen MR) is 88.7 cm³/mol. The second-order valence-corrected chi connectivity index (χ2v) is 6.30. The minimum absolute atomic E-state index is 0.0537. The third-order valence-electron chi connectivity index (χ3n) is 3.73. The smallest absolute Gasteiger partial charge is 0.240 e. The number of thioether (sulfide) groups is 1. The molecular weight excluding hydrogens is 280 g/mol. The van der Waals surface area contributed by atoms with Crippen molar-refractivity contribution in [3.63, 3.8) is 0 Å². The molecule has 2 aromatic rings. The molecule has 108 valence electrons. The van der Waals surface area contributed by atoms with E-state index in [1.807, 2.05) is 43.3 Å². The van der Waals surface area contributed by atoms with Crippen molar-refractivity contribution in [2.75, 3.05) is 17.2 Å². The first-order valence-electron chi connectivity index (χ1n) is 7.11. The molecule has 0 spiro atoms. The van der Waals surface area contributed by atoms with Crippen molar-refractivity contribution in [1.82, 2.24) is 0 Å². The summed E-state index contributed by atoms with van der Waals surface area (Å²) in [5, 5.41) is -0.0537. The Bertz CT molecular complexity index is 646. The van der Waals surface area contributed by atoms with Crippen LogP contribution >= 0.6 is 11.8 Å². The number of para-hydroxylation sites is 2. The van der Waals surface area contributed by atoms with Crippen molar-refractivity contribution in [3.8, 4) is 0 Å². The lowest BCUT2D eigenvalue weighted by Gasteiger charge is -2.25. The van der Waals surface area contributed by atoms with Crippen molar-refractivity contribution >= 4 is 29.0 Å². The summed E-state index contributed by atoms with van der Waals surface area (Å²) in [5.74, 6) is 0.136. The summed E-state index contributed by atoms with van der Waals surface area (Å²) < 4.78 is 0. The highest BCUT2D eigenvalue weighted by atomic mass is 32.2. The van der Waals surface area contributed by atoms with Crippen LogP contribution in [-0.4, -0.2) is 17.7 Å². The highest BCUT2D eigenvalue weighted by Gasteiger charge is 2.31. The fourth-order valence-electron chi connectivity index (χ4n) is 2.67. The molecule has 3 rings (SSSR count). The number of nitrogen functional groups attached to an aromatic ring is 1. The second kappa shape index (κ2) is 5.82. The Labute approximate surface area is 129 Å². The first-order valence-corrected chi connectivity index (χ1v) is 7.99. The van der Waals surface area contributed by atoms with Crippen LogP contribution in [-0.2, 0) is 11.2 Å². The average Bonchev–Trinajstić information content (AvgIpc) is 2.93. The van der Waals surface area contributed by atoms with Crippen LogP contribution in [0.5, 0.6) is 0 Å². The quantitative estimate of drug-likeness (QED) is 0.884. The molecule has 1 aliphatic rings. The van der Waals surface area contributed by atoms with E-state index in [2.05, 4.69) is 12.1 Å². The number of carbonyl (C=O) groups is 1. The highest BCUT2D eigenvalue weighted by molar-refractivity contribution is 8.01. The van der Waals surface area contributed by atoms with Gasteiger partial charge in [0.05, 0.1) is 16.6 Å². The zero-order valence-electron chi connectivity index (χ0n) is 12.0. The summed E-state index contributed by atoms with van der Waals surface area (Å²) in [4.78, 5) is 15.9. The van der Waals surface area contributed by atoms with Gasteiger partial charge in [0.2, 0.25) is 5.91 Å². The Kier molecular flexibility index (Phi) is 3.88. The van der Waals surface area contributed by atoms with Gasteiger partial charge in [0.15, 0.2) is 0 Å². The molecule has 0 radical (unpaired) electrons. The molecule has 2 aromatic carbocycles. The maximum absolute atomic E-state index is 12.8. The molecule has 3 nitrogen and oxygen atoms in total. The molecule has 4 heteroatoms. The third kappa shape index (κ3) is 2.63. The van der Waals surface area contributed by atoms with E-state index in [9.17, 15) is 4.79 Å². The maximum Gasteiger partial charge on any atom is 0.240 e. The lowest BCUT2D eigenvalue weighted by Crippen LogP contribution is -2.38. The molecule has 0 fully saturated rings. The van der Waals surface area contributed by atoms with Crippen LogP contribution in [0, 0.1) is 0 Å². The minimum Gasteiger partial charge on any atom is -0.397 e. The number of carbonyl (C=O) groups excluding carboxylic acids is 1. The Balaban J connectivity index is 1.84. The third-order valence-corrected chi connectivity index (χ3v) is 5.04. The van der Waals surface area contributed by atoms with Gasteiger partial charge in [-0.15, -0.1) is 11.8 Å². The van der Waals surface area contributed by atoms with Crippen LogP contribution in [0.15, 0.2) is 53.4 Å². The van der Waals surface area contributed by atoms with Gasteiger partial charge >= 0.3 is 0 Å². The lowest BCUT2D eigenvalue weighted by molar-refractivity contribution is -0.118. The Morgan fingerprint density at radius 1 is 1.24 bits per heavy atom. The number of anilines is 2. The molecule has 0 aliphatic carbocycles. The van der Waals surface area contributed by atoms with Gasteiger partial charge < -0.3 is 10.6 Å². The fourth-order valence-corrected chi connectivity index (χ4v) is 3.93. The van der Waals surface area contributed by atoms with Crippen molar-refractivity contribution < 1.29 is 4.79 Å². The molecule has 2 N–H and O–H groups in total.